The minimum absolute atomic E-state index is 0.0179. The van der Waals surface area contributed by atoms with Gasteiger partial charge in [0.05, 0.1) is 13.2 Å². The van der Waals surface area contributed by atoms with Crippen LogP contribution in [0.3, 0.4) is 0 Å². The highest BCUT2D eigenvalue weighted by Gasteiger charge is 2.36. The smallest absolute Gasteiger partial charge is 0.245 e. The number of rotatable bonds is 5. The molecule has 2 fully saturated rings. The Labute approximate surface area is 154 Å². The van der Waals surface area contributed by atoms with Crippen LogP contribution < -0.4 is 0 Å². The highest BCUT2D eigenvalue weighted by atomic mass is 16.5. The van der Waals surface area contributed by atoms with Gasteiger partial charge < -0.3 is 14.5 Å². The first-order valence-corrected chi connectivity index (χ1v) is 9.33. The molecule has 0 bridgehead atoms. The molecule has 2 aliphatic heterocycles. The van der Waals surface area contributed by atoms with Crippen LogP contribution >= 0.6 is 0 Å². The predicted molar refractivity (Wildman–Crippen MR) is 96.9 cm³/mol. The van der Waals surface area contributed by atoms with Crippen molar-refractivity contribution < 1.29 is 19.1 Å². The molecule has 26 heavy (non-hydrogen) atoms. The summed E-state index contributed by atoms with van der Waals surface area (Å²) in [5.74, 6) is -0.105. The molecule has 0 radical (unpaired) electrons. The summed E-state index contributed by atoms with van der Waals surface area (Å²) in [5.41, 5.74) is 1.59. The van der Waals surface area contributed by atoms with Gasteiger partial charge in [-0.2, -0.15) is 0 Å². The molecule has 3 rings (SSSR count). The summed E-state index contributed by atoms with van der Waals surface area (Å²) in [6, 6.07) is 7.03. The Kier molecular flexibility index (Phi) is 6.04. The summed E-state index contributed by atoms with van der Waals surface area (Å²) in [6.07, 6.45) is 1.87. The molecule has 140 valence electrons. The number of carbonyl (C=O) groups is 3. The molecule has 0 N–H and O–H groups in total. The second kappa shape index (κ2) is 8.45. The van der Waals surface area contributed by atoms with Gasteiger partial charge in [0.1, 0.15) is 6.04 Å². The Morgan fingerprint density at radius 2 is 1.81 bits per heavy atom. The third kappa shape index (κ3) is 4.12. The SMILES string of the molecule is Cc1ccccc1C(=O)CCC(=O)N1CCCC1C(=O)N1CCOCC1. The van der Waals surface area contributed by atoms with Crippen LogP contribution in [0.2, 0.25) is 0 Å². The zero-order valence-electron chi connectivity index (χ0n) is 15.3. The van der Waals surface area contributed by atoms with Crippen molar-refractivity contribution in [2.75, 3.05) is 32.8 Å². The van der Waals surface area contributed by atoms with E-state index in [-0.39, 0.29) is 36.5 Å². The standard InChI is InChI=1S/C20H26N2O4/c1-15-5-2-3-6-16(15)18(23)8-9-19(24)22-10-4-7-17(22)20(25)21-11-13-26-14-12-21/h2-3,5-6,17H,4,7-14H2,1H3. The number of aryl methyl sites for hydroxylation is 1. The van der Waals surface area contributed by atoms with Gasteiger partial charge in [0.15, 0.2) is 5.78 Å². The molecule has 0 aromatic heterocycles. The molecule has 6 heteroatoms. The van der Waals surface area contributed by atoms with Crippen LogP contribution in [0.4, 0.5) is 0 Å². The molecule has 1 aromatic rings. The minimum Gasteiger partial charge on any atom is -0.378 e. The van der Waals surface area contributed by atoms with Crippen molar-refractivity contribution in [3.63, 3.8) is 0 Å². The summed E-state index contributed by atoms with van der Waals surface area (Å²) in [4.78, 5) is 41.2. The van der Waals surface area contributed by atoms with Crippen LogP contribution in [0.1, 0.15) is 41.6 Å². The predicted octanol–water partition coefficient (Wildman–Crippen LogP) is 1.81. The largest absolute Gasteiger partial charge is 0.378 e. The highest BCUT2D eigenvalue weighted by Crippen LogP contribution is 2.22. The Hall–Kier alpha value is -2.21. The van der Waals surface area contributed by atoms with Gasteiger partial charge in [-0.15, -0.1) is 0 Å². The summed E-state index contributed by atoms with van der Waals surface area (Å²) >= 11 is 0. The number of likely N-dealkylation sites (tertiary alicyclic amines) is 1. The average Bonchev–Trinajstić information content (AvgIpc) is 3.16. The number of hydrogen-bond acceptors (Lipinski definition) is 4. The van der Waals surface area contributed by atoms with Gasteiger partial charge in [-0.3, -0.25) is 14.4 Å². The van der Waals surface area contributed by atoms with Crippen molar-refractivity contribution in [2.45, 2.75) is 38.6 Å². The van der Waals surface area contributed by atoms with Crippen LogP contribution in [0.5, 0.6) is 0 Å². The Bertz CT molecular complexity index is 682. The van der Waals surface area contributed by atoms with Gasteiger partial charge in [0.2, 0.25) is 11.8 Å². The number of hydrogen-bond donors (Lipinski definition) is 0. The number of carbonyl (C=O) groups excluding carboxylic acids is 3. The summed E-state index contributed by atoms with van der Waals surface area (Å²) in [5, 5.41) is 0. The fourth-order valence-corrected chi connectivity index (χ4v) is 3.70. The van der Waals surface area contributed by atoms with Crippen molar-refractivity contribution in [3.8, 4) is 0 Å². The van der Waals surface area contributed by atoms with E-state index < -0.39 is 0 Å². The summed E-state index contributed by atoms with van der Waals surface area (Å²) in [6.45, 7) is 4.77. The van der Waals surface area contributed by atoms with Crippen LogP contribution in [0.15, 0.2) is 24.3 Å². The first-order chi connectivity index (χ1) is 12.6. The molecule has 2 saturated heterocycles. The summed E-state index contributed by atoms with van der Waals surface area (Å²) < 4.78 is 5.29. The van der Waals surface area contributed by atoms with Gasteiger partial charge in [0.25, 0.3) is 0 Å². The lowest BCUT2D eigenvalue weighted by Crippen LogP contribution is -2.51. The van der Waals surface area contributed by atoms with Gasteiger partial charge in [-0.25, -0.2) is 0 Å². The van der Waals surface area contributed by atoms with E-state index in [2.05, 4.69) is 0 Å². The van der Waals surface area contributed by atoms with Gasteiger partial charge in [0, 0.05) is 38.0 Å². The molecule has 2 heterocycles. The molecule has 1 aromatic carbocycles. The lowest BCUT2D eigenvalue weighted by molar-refractivity contribution is -0.146. The third-order valence-corrected chi connectivity index (χ3v) is 5.19. The number of benzene rings is 1. The Balaban J connectivity index is 1.57. The van der Waals surface area contributed by atoms with Gasteiger partial charge >= 0.3 is 0 Å². The molecule has 0 aliphatic carbocycles. The fourth-order valence-electron chi connectivity index (χ4n) is 3.70. The lowest BCUT2D eigenvalue weighted by Gasteiger charge is -2.32. The molecule has 0 spiro atoms. The maximum atomic E-state index is 12.7. The molecular weight excluding hydrogens is 332 g/mol. The number of amides is 2. The molecule has 1 atom stereocenters. The second-order valence-electron chi connectivity index (χ2n) is 6.92. The maximum Gasteiger partial charge on any atom is 0.245 e. The molecule has 6 nitrogen and oxygen atoms in total. The van der Waals surface area contributed by atoms with E-state index in [4.69, 9.17) is 4.74 Å². The molecular formula is C20H26N2O4. The van der Waals surface area contributed by atoms with Crippen molar-refractivity contribution in [1.82, 2.24) is 9.80 Å². The first-order valence-electron chi connectivity index (χ1n) is 9.33. The van der Waals surface area contributed by atoms with Crippen LogP contribution in [0, 0.1) is 6.92 Å². The number of Topliss-reactive ketones (excluding diaryl/α,β-unsaturated/α-hetero) is 1. The van der Waals surface area contributed by atoms with Crippen molar-refractivity contribution >= 4 is 17.6 Å². The lowest BCUT2D eigenvalue weighted by atomic mass is 10.0. The second-order valence-corrected chi connectivity index (χ2v) is 6.92. The molecule has 0 saturated carbocycles. The average molecular weight is 358 g/mol. The molecule has 2 amide bonds. The number of ether oxygens (including phenoxy) is 1. The number of nitrogens with zero attached hydrogens (tertiary/aromatic N) is 2. The zero-order chi connectivity index (χ0) is 18.5. The van der Waals surface area contributed by atoms with Crippen LogP contribution in [-0.2, 0) is 14.3 Å². The van der Waals surface area contributed by atoms with E-state index in [1.54, 1.807) is 15.9 Å². The normalized spacial score (nSPS) is 20.3. The molecule has 1 unspecified atom stereocenters. The number of morpholine rings is 1. The number of ketones is 1. The van der Waals surface area contributed by atoms with E-state index in [0.717, 1.165) is 12.0 Å². The van der Waals surface area contributed by atoms with E-state index in [1.807, 2.05) is 25.1 Å². The van der Waals surface area contributed by atoms with E-state index in [9.17, 15) is 14.4 Å². The van der Waals surface area contributed by atoms with E-state index in [0.29, 0.717) is 44.8 Å². The van der Waals surface area contributed by atoms with Crippen LogP contribution in [0.25, 0.3) is 0 Å². The Morgan fingerprint density at radius 3 is 2.54 bits per heavy atom. The van der Waals surface area contributed by atoms with E-state index in [1.165, 1.54) is 0 Å². The van der Waals surface area contributed by atoms with Gasteiger partial charge in [-0.1, -0.05) is 24.3 Å². The monoisotopic (exact) mass is 358 g/mol. The quantitative estimate of drug-likeness (QED) is 0.753. The molecule has 2 aliphatic rings. The van der Waals surface area contributed by atoms with Gasteiger partial charge in [-0.05, 0) is 25.3 Å². The highest BCUT2D eigenvalue weighted by molar-refractivity contribution is 5.99. The van der Waals surface area contributed by atoms with Crippen molar-refractivity contribution in [1.29, 1.82) is 0 Å². The van der Waals surface area contributed by atoms with Crippen LogP contribution in [-0.4, -0.2) is 66.3 Å². The zero-order valence-corrected chi connectivity index (χ0v) is 15.3. The maximum absolute atomic E-state index is 12.7. The first kappa shape index (κ1) is 18.6. The van der Waals surface area contributed by atoms with E-state index >= 15 is 0 Å². The minimum atomic E-state index is -0.380. The topological polar surface area (TPSA) is 66.9 Å². The van der Waals surface area contributed by atoms with Crippen molar-refractivity contribution in [3.05, 3.63) is 35.4 Å². The Morgan fingerprint density at radius 1 is 1.08 bits per heavy atom. The summed E-state index contributed by atoms with van der Waals surface area (Å²) in [7, 11) is 0. The fraction of sp³-hybridized carbons (Fsp3) is 0.550. The third-order valence-electron chi connectivity index (χ3n) is 5.19. The van der Waals surface area contributed by atoms with Crippen molar-refractivity contribution in [2.24, 2.45) is 0 Å².